The Bertz CT molecular complexity index is 463. The number of nitrogens with one attached hydrogen (secondary N) is 1. The molecule has 0 spiro atoms. The highest BCUT2D eigenvalue weighted by Gasteiger charge is 2.12. The fraction of sp³-hybridized carbons (Fsp3) is 0.600. The predicted octanol–water partition coefficient (Wildman–Crippen LogP) is 3.35. The summed E-state index contributed by atoms with van der Waals surface area (Å²) in [5.74, 6) is 0.578. The zero-order chi connectivity index (χ0) is 14.3. The van der Waals surface area contributed by atoms with Gasteiger partial charge in [-0.25, -0.2) is 13.1 Å². The van der Waals surface area contributed by atoms with Gasteiger partial charge in [0, 0.05) is 6.54 Å². The lowest BCUT2D eigenvalue weighted by molar-refractivity contribution is 0.576. The highest BCUT2D eigenvalue weighted by atomic mass is 32.2. The summed E-state index contributed by atoms with van der Waals surface area (Å²) in [4.78, 5) is 0.358. The standard InChI is InChI=1S/C15H25NO2S/c1-4-5-6-11-16-19(17,18)15-9-7-14(8-10-15)12-13(2)3/h7-10,13,16H,4-6,11-12H2,1-3H3. The Morgan fingerprint density at radius 3 is 2.26 bits per heavy atom. The van der Waals surface area contributed by atoms with Gasteiger partial charge in [-0.1, -0.05) is 45.7 Å². The summed E-state index contributed by atoms with van der Waals surface area (Å²) in [6, 6.07) is 7.20. The van der Waals surface area contributed by atoms with E-state index in [1.54, 1.807) is 12.1 Å². The van der Waals surface area contributed by atoms with Crippen molar-refractivity contribution in [2.24, 2.45) is 5.92 Å². The Kier molecular flexibility index (Phi) is 6.52. The molecule has 0 aliphatic carbocycles. The van der Waals surface area contributed by atoms with Crippen LogP contribution in [-0.2, 0) is 16.4 Å². The Morgan fingerprint density at radius 2 is 1.74 bits per heavy atom. The van der Waals surface area contributed by atoms with Crippen LogP contribution in [0, 0.1) is 5.92 Å². The summed E-state index contributed by atoms with van der Waals surface area (Å²) in [7, 11) is -3.34. The zero-order valence-corrected chi connectivity index (χ0v) is 13.0. The van der Waals surface area contributed by atoms with Crippen molar-refractivity contribution in [1.29, 1.82) is 0 Å². The number of hydrogen-bond donors (Lipinski definition) is 1. The van der Waals surface area contributed by atoms with Gasteiger partial charge in [-0.15, -0.1) is 0 Å². The van der Waals surface area contributed by atoms with E-state index in [0.717, 1.165) is 25.7 Å². The van der Waals surface area contributed by atoms with Crippen LogP contribution in [0.1, 0.15) is 45.6 Å². The average Bonchev–Trinajstić information content (AvgIpc) is 2.35. The van der Waals surface area contributed by atoms with Crippen LogP contribution in [0.3, 0.4) is 0 Å². The molecular formula is C15H25NO2S. The summed E-state index contributed by atoms with van der Waals surface area (Å²) in [6.07, 6.45) is 4.01. The Balaban J connectivity index is 2.63. The lowest BCUT2D eigenvalue weighted by Gasteiger charge is -2.08. The van der Waals surface area contributed by atoms with E-state index in [2.05, 4.69) is 25.5 Å². The van der Waals surface area contributed by atoms with Crippen molar-refractivity contribution in [3.8, 4) is 0 Å². The second-order valence-electron chi connectivity index (χ2n) is 5.35. The highest BCUT2D eigenvalue weighted by molar-refractivity contribution is 7.89. The van der Waals surface area contributed by atoms with Crippen molar-refractivity contribution in [3.63, 3.8) is 0 Å². The van der Waals surface area contributed by atoms with Crippen molar-refractivity contribution in [1.82, 2.24) is 4.72 Å². The molecule has 0 aliphatic rings. The van der Waals surface area contributed by atoms with E-state index in [4.69, 9.17) is 0 Å². The third-order valence-corrected chi connectivity index (χ3v) is 4.43. The maximum atomic E-state index is 12.0. The Labute approximate surface area is 117 Å². The van der Waals surface area contributed by atoms with E-state index in [0.29, 0.717) is 17.4 Å². The van der Waals surface area contributed by atoms with E-state index in [-0.39, 0.29) is 0 Å². The van der Waals surface area contributed by atoms with Gasteiger partial charge < -0.3 is 0 Å². The molecule has 0 saturated carbocycles. The first-order valence-electron chi connectivity index (χ1n) is 7.04. The molecule has 3 nitrogen and oxygen atoms in total. The van der Waals surface area contributed by atoms with Crippen LogP contribution in [-0.4, -0.2) is 15.0 Å². The first-order valence-corrected chi connectivity index (χ1v) is 8.52. The molecule has 19 heavy (non-hydrogen) atoms. The molecule has 0 bridgehead atoms. The van der Waals surface area contributed by atoms with E-state index in [9.17, 15) is 8.42 Å². The smallest absolute Gasteiger partial charge is 0.211 e. The first kappa shape index (κ1) is 16.2. The van der Waals surface area contributed by atoms with Crippen LogP contribution in [0.5, 0.6) is 0 Å². The van der Waals surface area contributed by atoms with Gasteiger partial charge in [0.2, 0.25) is 10.0 Å². The molecule has 1 aromatic carbocycles. The van der Waals surface area contributed by atoms with Crippen molar-refractivity contribution in [2.45, 2.75) is 51.3 Å². The summed E-state index contributed by atoms with van der Waals surface area (Å²) >= 11 is 0. The van der Waals surface area contributed by atoms with E-state index in [1.807, 2.05) is 12.1 Å². The monoisotopic (exact) mass is 283 g/mol. The van der Waals surface area contributed by atoms with Gasteiger partial charge in [0.25, 0.3) is 0 Å². The molecule has 0 unspecified atom stereocenters. The van der Waals surface area contributed by atoms with Gasteiger partial charge in [-0.2, -0.15) is 0 Å². The van der Waals surface area contributed by atoms with Crippen LogP contribution in [0.2, 0.25) is 0 Å². The Hall–Kier alpha value is -0.870. The van der Waals surface area contributed by atoms with Crippen molar-refractivity contribution in [2.75, 3.05) is 6.54 Å². The van der Waals surface area contributed by atoms with Crippen molar-refractivity contribution >= 4 is 10.0 Å². The third kappa shape index (κ3) is 5.74. The lowest BCUT2D eigenvalue weighted by Crippen LogP contribution is -2.24. The lowest BCUT2D eigenvalue weighted by atomic mass is 10.0. The number of unbranched alkanes of at least 4 members (excludes halogenated alkanes) is 2. The molecule has 0 atom stereocenters. The molecule has 0 fully saturated rings. The molecule has 1 rings (SSSR count). The summed E-state index contributed by atoms with van der Waals surface area (Å²) in [6.45, 7) is 6.92. The normalized spacial score (nSPS) is 12.0. The topological polar surface area (TPSA) is 46.2 Å². The number of hydrogen-bond acceptors (Lipinski definition) is 2. The minimum absolute atomic E-state index is 0.358. The molecule has 4 heteroatoms. The minimum Gasteiger partial charge on any atom is -0.211 e. The molecule has 0 aliphatic heterocycles. The molecule has 0 aromatic heterocycles. The summed E-state index contributed by atoms with van der Waals surface area (Å²) < 4.78 is 26.7. The van der Waals surface area contributed by atoms with Gasteiger partial charge in [-0.3, -0.25) is 0 Å². The predicted molar refractivity (Wildman–Crippen MR) is 79.7 cm³/mol. The van der Waals surface area contributed by atoms with E-state index >= 15 is 0 Å². The minimum atomic E-state index is -3.34. The van der Waals surface area contributed by atoms with Crippen molar-refractivity contribution < 1.29 is 8.42 Å². The number of rotatable bonds is 8. The second kappa shape index (κ2) is 7.65. The molecule has 0 saturated heterocycles. The van der Waals surface area contributed by atoms with Gasteiger partial charge >= 0.3 is 0 Å². The number of sulfonamides is 1. The zero-order valence-electron chi connectivity index (χ0n) is 12.1. The summed E-state index contributed by atoms with van der Waals surface area (Å²) in [5, 5.41) is 0. The van der Waals surface area contributed by atoms with Crippen LogP contribution in [0.4, 0.5) is 0 Å². The van der Waals surface area contributed by atoms with Crippen LogP contribution < -0.4 is 4.72 Å². The Morgan fingerprint density at radius 1 is 1.11 bits per heavy atom. The molecular weight excluding hydrogens is 258 g/mol. The van der Waals surface area contributed by atoms with Gasteiger partial charge in [0.05, 0.1) is 4.90 Å². The molecule has 1 aromatic rings. The molecule has 0 radical (unpaired) electrons. The van der Waals surface area contributed by atoms with Gasteiger partial charge in [0.1, 0.15) is 0 Å². The number of benzene rings is 1. The first-order chi connectivity index (χ1) is 8.95. The van der Waals surface area contributed by atoms with Gasteiger partial charge in [0.15, 0.2) is 0 Å². The molecule has 108 valence electrons. The third-order valence-electron chi connectivity index (χ3n) is 2.95. The van der Waals surface area contributed by atoms with Gasteiger partial charge in [-0.05, 0) is 36.5 Å². The summed E-state index contributed by atoms with van der Waals surface area (Å²) in [5.41, 5.74) is 1.18. The second-order valence-corrected chi connectivity index (χ2v) is 7.11. The maximum absolute atomic E-state index is 12.0. The fourth-order valence-electron chi connectivity index (χ4n) is 1.94. The quantitative estimate of drug-likeness (QED) is 0.744. The molecule has 0 heterocycles. The van der Waals surface area contributed by atoms with E-state index in [1.165, 1.54) is 5.56 Å². The SMILES string of the molecule is CCCCCNS(=O)(=O)c1ccc(CC(C)C)cc1. The van der Waals surface area contributed by atoms with Crippen molar-refractivity contribution in [3.05, 3.63) is 29.8 Å². The van der Waals surface area contributed by atoms with Crippen LogP contribution in [0.15, 0.2) is 29.2 Å². The van der Waals surface area contributed by atoms with Crippen LogP contribution >= 0.6 is 0 Å². The largest absolute Gasteiger partial charge is 0.240 e. The molecule has 0 amide bonds. The average molecular weight is 283 g/mol. The van der Waals surface area contributed by atoms with Crippen LogP contribution in [0.25, 0.3) is 0 Å². The highest BCUT2D eigenvalue weighted by Crippen LogP contribution is 2.13. The molecule has 1 N–H and O–H groups in total. The van der Waals surface area contributed by atoms with E-state index < -0.39 is 10.0 Å². The fourth-order valence-corrected chi connectivity index (χ4v) is 3.02. The maximum Gasteiger partial charge on any atom is 0.240 e.